The highest BCUT2D eigenvalue weighted by Crippen LogP contribution is 2.34. The number of hydroxylamine groups is 2. The summed E-state index contributed by atoms with van der Waals surface area (Å²) in [7, 11) is 0. The fourth-order valence-electron chi connectivity index (χ4n) is 4.45. The molecule has 0 amide bonds. The molecule has 1 N–H and O–H groups in total. The zero-order valence-electron chi connectivity index (χ0n) is 22.2. The lowest BCUT2D eigenvalue weighted by atomic mass is 9.79. The minimum atomic E-state index is -1.79. The van der Waals surface area contributed by atoms with Crippen LogP contribution in [-0.4, -0.2) is 47.8 Å². The van der Waals surface area contributed by atoms with Crippen molar-refractivity contribution in [2.45, 2.75) is 71.1 Å². The summed E-state index contributed by atoms with van der Waals surface area (Å²) >= 11 is 0. The van der Waals surface area contributed by atoms with Crippen molar-refractivity contribution < 1.29 is 33.8 Å². The summed E-state index contributed by atoms with van der Waals surface area (Å²) in [6, 6.07) is 15.3. The number of hydrogen-bond donors (Lipinski definition) is 1. The number of benzene rings is 2. The number of nitrogens with zero attached hydrogens (tertiary/aromatic N) is 1. The molecule has 1 heterocycles. The molecular weight excluding hydrogens is 486 g/mol. The smallest absolute Gasteiger partial charge is 0.345 e. The van der Waals surface area contributed by atoms with Crippen molar-refractivity contribution in [3.63, 3.8) is 0 Å². The predicted octanol–water partition coefficient (Wildman–Crippen LogP) is 6.05. The van der Waals surface area contributed by atoms with Gasteiger partial charge in [-0.25, -0.2) is 4.79 Å². The third-order valence-electron chi connectivity index (χ3n) is 6.90. The third-order valence-corrected chi connectivity index (χ3v) is 6.90. The van der Waals surface area contributed by atoms with Gasteiger partial charge in [-0.3, -0.25) is 9.59 Å². The Hall–Kier alpha value is -3.39. The number of hydrogen-bond acceptors (Lipinski definition) is 7. The van der Waals surface area contributed by atoms with Crippen LogP contribution >= 0.6 is 0 Å². The van der Waals surface area contributed by atoms with Gasteiger partial charge in [0.05, 0.1) is 12.2 Å². The van der Waals surface area contributed by atoms with Gasteiger partial charge in [0.25, 0.3) is 0 Å². The second kappa shape index (κ2) is 15.1. The van der Waals surface area contributed by atoms with E-state index in [9.17, 15) is 19.5 Å². The first-order chi connectivity index (χ1) is 18.4. The van der Waals surface area contributed by atoms with E-state index >= 15 is 0 Å². The maximum Gasteiger partial charge on any atom is 0.345 e. The van der Waals surface area contributed by atoms with Gasteiger partial charge in [-0.2, -0.15) is 0 Å². The lowest BCUT2D eigenvalue weighted by Gasteiger charge is -2.35. The number of ether oxygens (including phenoxy) is 2. The number of carbonyl (C=O) groups excluding carboxylic acids is 2. The van der Waals surface area contributed by atoms with Crippen LogP contribution in [0.5, 0.6) is 11.5 Å². The van der Waals surface area contributed by atoms with Crippen LogP contribution in [0.1, 0.15) is 81.5 Å². The molecule has 2 aromatic rings. The minimum Gasteiger partial charge on any atom is -0.494 e. The molecule has 0 spiro atoms. The Morgan fingerprint density at radius 1 is 0.816 bits per heavy atom. The fraction of sp³-hybridized carbons (Fsp3) is 0.500. The highest BCUT2D eigenvalue weighted by atomic mass is 16.7. The highest BCUT2D eigenvalue weighted by molar-refractivity contribution is 6.05. The topological polar surface area (TPSA) is 102 Å². The molecule has 1 fully saturated rings. The molecule has 0 bridgehead atoms. The number of rotatable bonds is 15. The van der Waals surface area contributed by atoms with Crippen molar-refractivity contribution in [1.82, 2.24) is 5.06 Å². The molecule has 3 rings (SSSR count). The zero-order valence-corrected chi connectivity index (χ0v) is 22.2. The Kier molecular flexibility index (Phi) is 11.6. The van der Waals surface area contributed by atoms with Gasteiger partial charge in [0, 0.05) is 13.1 Å². The standard InChI is InChI=1S/C30H39NO7/c1-2-3-4-5-6-7-8-12-23-36-25-15-17-26(18-16-25)38-31-21-19-30(20-22-31,28(33)34)29(35)37-27(32)24-13-10-9-11-14-24/h9-11,13-18H,2-8,12,19-23H2,1H3,(H,33,34). The van der Waals surface area contributed by atoms with E-state index in [1.165, 1.54) is 57.1 Å². The van der Waals surface area contributed by atoms with Gasteiger partial charge in [-0.05, 0) is 55.7 Å². The van der Waals surface area contributed by atoms with Crippen LogP contribution in [0.3, 0.4) is 0 Å². The Bertz CT molecular complexity index is 1010. The summed E-state index contributed by atoms with van der Waals surface area (Å²) in [6.07, 6.45) is 9.93. The van der Waals surface area contributed by atoms with E-state index in [-0.39, 0.29) is 31.5 Å². The fourth-order valence-corrected chi connectivity index (χ4v) is 4.45. The van der Waals surface area contributed by atoms with Crippen LogP contribution in [0.25, 0.3) is 0 Å². The third kappa shape index (κ3) is 8.58. The van der Waals surface area contributed by atoms with Crippen LogP contribution in [0, 0.1) is 5.41 Å². The summed E-state index contributed by atoms with van der Waals surface area (Å²) < 4.78 is 10.8. The number of carboxylic acids is 1. The Morgan fingerprint density at radius 3 is 2.00 bits per heavy atom. The maximum absolute atomic E-state index is 12.7. The van der Waals surface area contributed by atoms with Crippen LogP contribution in [0.15, 0.2) is 54.6 Å². The molecule has 206 valence electrons. The summed E-state index contributed by atoms with van der Waals surface area (Å²) in [5, 5.41) is 11.4. The molecule has 1 aliphatic rings. The number of piperidine rings is 1. The first kappa shape index (κ1) is 29.2. The quantitative estimate of drug-likeness (QED) is 0.170. The van der Waals surface area contributed by atoms with Gasteiger partial charge in [0.15, 0.2) is 5.41 Å². The second-order valence-corrected chi connectivity index (χ2v) is 9.75. The molecule has 0 saturated carbocycles. The van der Waals surface area contributed by atoms with Crippen molar-refractivity contribution in [2.24, 2.45) is 5.41 Å². The van der Waals surface area contributed by atoms with Gasteiger partial charge in [0.1, 0.15) is 11.5 Å². The normalized spacial score (nSPS) is 15.0. The molecule has 1 aliphatic heterocycles. The largest absolute Gasteiger partial charge is 0.494 e. The summed E-state index contributed by atoms with van der Waals surface area (Å²) in [5.41, 5.74) is -1.61. The van der Waals surface area contributed by atoms with Gasteiger partial charge in [0.2, 0.25) is 0 Å². The van der Waals surface area contributed by atoms with Crippen molar-refractivity contribution in [1.29, 1.82) is 0 Å². The Labute approximate surface area is 224 Å². The molecule has 1 saturated heterocycles. The first-order valence-electron chi connectivity index (χ1n) is 13.7. The number of unbranched alkanes of at least 4 members (excludes halogenated alkanes) is 7. The molecule has 0 radical (unpaired) electrons. The zero-order chi connectivity index (χ0) is 27.2. The number of carbonyl (C=O) groups is 3. The lowest BCUT2D eigenvalue weighted by molar-refractivity contribution is -0.175. The lowest BCUT2D eigenvalue weighted by Crippen LogP contribution is -2.50. The molecular formula is C30H39NO7. The van der Waals surface area contributed by atoms with Crippen LogP contribution in [0.2, 0.25) is 0 Å². The van der Waals surface area contributed by atoms with Crippen molar-refractivity contribution in [3.8, 4) is 11.5 Å². The molecule has 38 heavy (non-hydrogen) atoms. The predicted molar refractivity (Wildman–Crippen MR) is 143 cm³/mol. The van der Waals surface area contributed by atoms with E-state index in [0.717, 1.165) is 12.2 Å². The molecule has 0 unspecified atom stereocenters. The molecule has 0 aromatic heterocycles. The van der Waals surface area contributed by atoms with E-state index < -0.39 is 23.3 Å². The maximum atomic E-state index is 12.7. The first-order valence-corrected chi connectivity index (χ1v) is 13.7. The molecule has 0 aliphatic carbocycles. The van der Waals surface area contributed by atoms with Crippen molar-refractivity contribution in [3.05, 3.63) is 60.2 Å². The van der Waals surface area contributed by atoms with Crippen molar-refractivity contribution >= 4 is 17.9 Å². The average Bonchev–Trinajstić information content (AvgIpc) is 2.93. The second-order valence-electron chi connectivity index (χ2n) is 9.75. The summed E-state index contributed by atoms with van der Waals surface area (Å²) in [4.78, 5) is 42.9. The summed E-state index contributed by atoms with van der Waals surface area (Å²) in [6.45, 7) is 3.30. The van der Waals surface area contributed by atoms with E-state index in [0.29, 0.717) is 12.4 Å². The van der Waals surface area contributed by atoms with Crippen LogP contribution in [-0.2, 0) is 14.3 Å². The average molecular weight is 526 g/mol. The number of aliphatic carboxylic acids is 1. The van der Waals surface area contributed by atoms with Crippen LogP contribution < -0.4 is 9.57 Å². The van der Waals surface area contributed by atoms with Gasteiger partial charge in [-0.15, -0.1) is 5.06 Å². The highest BCUT2D eigenvalue weighted by Gasteiger charge is 2.51. The number of esters is 2. The molecule has 2 aromatic carbocycles. The summed E-state index contributed by atoms with van der Waals surface area (Å²) in [5.74, 6) is -1.85. The van der Waals surface area contributed by atoms with E-state index in [2.05, 4.69) is 6.92 Å². The van der Waals surface area contributed by atoms with Gasteiger partial charge in [-0.1, -0.05) is 70.1 Å². The van der Waals surface area contributed by atoms with Gasteiger partial charge >= 0.3 is 17.9 Å². The molecule has 8 heteroatoms. The monoisotopic (exact) mass is 525 g/mol. The Balaban J connectivity index is 1.40. The van der Waals surface area contributed by atoms with Crippen LogP contribution in [0.4, 0.5) is 0 Å². The SMILES string of the molecule is CCCCCCCCCCOc1ccc(ON2CCC(C(=O)O)(C(=O)OC(=O)c3ccccc3)CC2)cc1. The van der Waals surface area contributed by atoms with E-state index in [4.69, 9.17) is 14.3 Å². The minimum absolute atomic E-state index is 0.0387. The van der Waals surface area contributed by atoms with Gasteiger partial charge < -0.3 is 19.4 Å². The van der Waals surface area contributed by atoms with E-state index in [1.54, 1.807) is 35.4 Å². The molecule has 8 nitrogen and oxygen atoms in total. The molecule has 0 atom stereocenters. The Morgan fingerprint density at radius 2 is 1.39 bits per heavy atom. The van der Waals surface area contributed by atoms with E-state index in [1.807, 2.05) is 12.1 Å². The van der Waals surface area contributed by atoms with Crippen molar-refractivity contribution in [2.75, 3.05) is 19.7 Å². The number of carboxylic acid groups (broad SMARTS) is 1.